The maximum absolute atomic E-state index is 10.3. The molecule has 0 bridgehead atoms. The van der Waals surface area contributed by atoms with Crippen LogP contribution < -0.4 is 0 Å². The molecule has 2 aromatic heterocycles. The molecule has 1 aliphatic rings. The number of hydrogen-bond acceptors (Lipinski definition) is 3. The van der Waals surface area contributed by atoms with E-state index in [0.29, 0.717) is 0 Å². The highest BCUT2D eigenvalue weighted by molar-refractivity contribution is 5.29. The minimum absolute atomic E-state index is 0.160. The first-order valence-electron chi connectivity index (χ1n) is 7.15. The number of aliphatic hydroxyl groups excluding tert-OH is 1. The van der Waals surface area contributed by atoms with Crippen LogP contribution in [-0.4, -0.2) is 24.4 Å². The van der Waals surface area contributed by atoms with Crippen molar-refractivity contribution in [3.8, 4) is 0 Å². The van der Waals surface area contributed by atoms with Gasteiger partial charge in [-0.25, -0.2) is 0 Å². The summed E-state index contributed by atoms with van der Waals surface area (Å²) in [7, 11) is 1.97. The highest BCUT2D eigenvalue weighted by Gasteiger charge is 2.33. The van der Waals surface area contributed by atoms with Crippen LogP contribution in [0.15, 0.2) is 18.6 Å². The Bertz CT molecular complexity index is 611. The quantitative estimate of drug-likeness (QED) is 0.929. The minimum Gasteiger partial charge on any atom is -0.388 e. The molecule has 5 nitrogen and oxygen atoms in total. The molecule has 108 valence electrons. The fourth-order valence-electron chi connectivity index (χ4n) is 3.15. The summed E-state index contributed by atoms with van der Waals surface area (Å²) in [4.78, 5) is 0. The van der Waals surface area contributed by atoms with Gasteiger partial charge in [-0.15, -0.1) is 10.2 Å². The van der Waals surface area contributed by atoms with Gasteiger partial charge in [-0.3, -0.25) is 0 Å². The predicted molar refractivity (Wildman–Crippen MR) is 76.2 cm³/mol. The van der Waals surface area contributed by atoms with Crippen LogP contribution in [0.1, 0.15) is 43.5 Å². The van der Waals surface area contributed by atoms with Gasteiger partial charge in [0.2, 0.25) is 0 Å². The fraction of sp³-hybridized carbons (Fsp3) is 0.600. The summed E-state index contributed by atoms with van der Waals surface area (Å²) in [5.74, 6) is 0.989. The number of fused-ring (bicyclic) bond motifs is 1. The van der Waals surface area contributed by atoms with E-state index in [1.54, 1.807) is 6.33 Å². The third-order valence-electron chi connectivity index (χ3n) is 4.25. The summed E-state index contributed by atoms with van der Waals surface area (Å²) < 4.78 is 4.21. The van der Waals surface area contributed by atoms with Crippen LogP contribution in [0.25, 0.3) is 0 Å². The van der Waals surface area contributed by atoms with Crippen molar-refractivity contribution in [1.82, 2.24) is 19.3 Å². The number of hydrogen-bond donors (Lipinski definition) is 1. The second kappa shape index (κ2) is 4.74. The largest absolute Gasteiger partial charge is 0.388 e. The van der Waals surface area contributed by atoms with Crippen molar-refractivity contribution in [3.63, 3.8) is 0 Å². The zero-order valence-electron chi connectivity index (χ0n) is 12.4. The Labute approximate surface area is 119 Å². The molecule has 0 saturated carbocycles. The molecular weight excluding hydrogens is 252 g/mol. The summed E-state index contributed by atoms with van der Waals surface area (Å²) >= 11 is 0. The van der Waals surface area contributed by atoms with E-state index in [1.165, 1.54) is 5.69 Å². The van der Waals surface area contributed by atoms with Crippen LogP contribution in [0.3, 0.4) is 0 Å². The van der Waals surface area contributed by atoms with E-state index in [0.717, 1.165) is 37.2 Å². The van der Waals surface area contributed by atoms with Crippen molar-refractivity contribution in [3.05, 3.63) is 35.7 Å². The van der Waals surface area contributed by atoms with Crippen molar-refractivity contribution in [2.45, 2.75) is 45.8 Å². The third kappa shape index (κ3) is 2.38. The smallest absolute Gasteiger partial charge is 0.134 e. The average molecular weight is 274 g/mol. The SMILES string of the molecule is Cn1cnnc1CCn1ccc2c1CC(C)(C)CC2O. The predicted octanol–water partition coefficient (Wildman–Crippen LogP) is 1.87. The molecule has 1 atom stereocenters. The summed E-state index contributed by atoms with van der Waals surface area (Å²) in [6, 6.07) is 2.06. The molecule has 0 aliphatic heterocycles. The van der Waals surface area contributed by atoms with Crippen molar-refractivity contribution in [2.24, 2.45) is 12.5 Å². The van der Waals surface area contributed by atoms with Gasteiger partial charge >= 0.3 is 0 Å². The number of rotatable bonds is 3. The van der Waals surface area contributed by atoms with Gasteiger partial charge in [-0.1, -0.05) is 13.8 Å². The molecule has 0 saturated heterocycles. The van der Waals surface area contributed by atoms with E-state index >= 15 is 0 Å². The summed E-state index contributed by atoms with van der Waals surface area (Å²) in [5.41, 5.74) is 2.53. The zero-order chi connectivity index (χ0) is 14.3. The number of aryl methyl sites for hydroxylation is 3. The van der Waals surface area contributed by atoms with Crippen LogP contribution in [0.4, 0.5) is 0 Å². The second-order valence-electron chi connectivity index (χ2n) is 6.58. The molecule has 0 aromatic carbocycles. The van der Waals surface area contributed by atoms with Crippen molar-refractivity contribution < 1.29 is 5.11 Å². The lowest BCUT2D eigenvalue weighted by Gasteiger charge is -2.34. The normalized spacial score (nSPS) is 20.9. The first kappa shape index (κ1) is 13.4. The molecule has 1 aliphatic carbocycles. The Morgan fingerprint density at radius 1 is 1.45 bits per heavy atom. The standard InChI is InChI=1S/C15H22N4O/c1-15(2)8-12-11(13(20)9-15)4-6-19(12)7-5-14-17-16-10-18(14)3/h4,6,10,13,20H,5,7-9H2,1-3H3. The van der Waals surface area contributed by atoms with Gasteiger partial charge in [0.05, 0.1) is 6.10 Å². The average Bonchev–Trinajstić information content (AvgIpc) is 2.92. The first-order chi connectivity index (χ1) is 9.46. The Balaban J connectivity index is 1.81. The van der Waals surface area contributed by atoms with E-state index in [-0.39, 0.29) is 11.5 Å². The molecule has 0 fully saturated rings. The molecule has 0 spiro atoms. The Morgan fingerprint density at radius 3 is 2.95 bits per heavy atom. The van der Waals surface area contributed by atoms with Crippen LogP contribution >= 0.6 is 0 Å². The summed E-state index contributed by atoms with van der Waals surface area (Å²) in [5, 5.41) is 18.3. The maximum atomic E-state index is 10.3. The highest BCUT2D eigenvalue weighted by Crippen LogP contribution is 2.41. The van der Waals surface area contributed by atoms with Gasteiger partial charge in [0.25, 0.3) is 0 Å². The molecule has 20 heavy (non-hydrogen) atoms. The third-order valence-corrected chi connectivity index (χ3v) is 4.25. The van der Waals surface area contributed by atoms with Crippen molar-refractivity contribution >= 4 is 0 Å². The molecular formula is C15H22N4O. The van der Waals surface area contributed by atoms with Gasteiger partial charge in [-0.2, -0.15) is 0 Å². The fourth-order valence-corrected chi connectivity index (χ4v) is 3.15. The van der Waals surface area contributed by atoms with E-state index in [1.807, 2.05) is 11.6 Å². The molecule has 5 heteroatoms. The topological polar surface area (TPSA) is 55.9 Å². The Morgan fingerprint density at radius 2 is 2.25 bits per heavy atom. The first-order valence-corrected chi connectivity index (χ1v) is 7.15. The lowest BCUT2D eigenvalue weighted by molar-refractivity contribution is 0.0979. The number of nitrogens with zero attached hydrogens (tertiary/aromatic N) is 4. The minimum atomic E-state index is -0.329. The van der Waals surface area contributed by atoms with Crippen LogP contribution in [-0.2, 0) is 26.4 Å². The van der Waals surface area contributed by atoms with Gasteiger partial charge in [0, 0.05) is 37.5 Å². The number of aromatic nitrogens is 4. The Hall–Kier alpha value is -1.62. The number of aliphatic hydroxyl groups is 1. The van der Waals surface area contributed by atoms with Gasteiger partial charge in [-0.05, 0) is 24.3 Å². The van der Waals surface area contributed by atoms with E-state index < -0.39 is 0 Å². The van der Waals surface area contributed by atoms with Gasteiger partial charge in [0.1, 0.15) is 12.2 Å². The molecule has 1 N–H and O–H groups in total. The van der Waals surface area contributed by atoms with Crippen molar-refractivity contribution in [2.75, 3.05) is 0 Å². The van der Waals surface area contributed by atoms with Gasteiger partial charge in [0.15, 0.2) is 0 Å². The highest BCUT2D eigenvalue weighted by atomic mass is 16.3. The zero-order valence-corrected chi connectivity index (χ0v) is 12.4. The molecule has 0 amide bonds. The second-order valence-corrected chi connectivity index (χ2v) is 6.58. The molecule has 0 radical (unpaired) electrons. The van der Waals surface area contributed by atoms with Crippen LogP contribution in [0, 0.1) is 5.41 Å². The van der Waals surface area contributed by atoms with Gasteiger partial charge < -0.3 is 14.2 Å². The maximum Gasteiger partial charge on any atom is 0.134 e. The van der Waals surface area contributed by atoms with E-state index in [2.05, 4.69) is 40.9 Å². The molecule has 3 rings (SSSR count). The lowest BCUT2D eigenvalue weighted by atomic mass is 9.75. The molecule has 2 heterocycles. The van der Waals surface area contributed by atoms with E-state index in [9.17, 15) is 5.11 Å². The molecule has 1 unspecified atom stereocenters. The monoisotopic (exact) mass is 274 g/mol. The van der Waals surface area contributed by atoms with Crippen molar-refractivity contribution in [1.29, 1.82) is 0 Å². The van der Waals surface area contributed by atoms with Crippen LogP contribution in [0.5, 0.6) is 0 Å². The molecule has 2 aromatic rings. The summed E-state index contributed by atoms with van der Waals surface area (Å²) in [6.07, 6.45) is 6.20. The lowest BCUT2D eigenvalue weighted by Crippen LogP contribution is -2.27. The summed E-state index contributed by atoms with van der Waals surface area (Å²) in [6.45, 7) is 5.32. The van der Waals surface area contributed by atoms with E-state index in [4.69, 9.17) is 0 Å². The Kier molecular flexibility index (Phi) is 3.17. The van der Waals surface area contributed by atoms with Crippen LogP contribution in [0.2, 0.25) is 0 Å².